The zero-order valence-electron chi connectivity index (χ0n) is 48.8. The molecule has 0 saturated carbocycles. The molecule has 23 atom stereocenters. The maximum absolute atomic E-state index is 14.2. The lowest BCUT2D eigenvalue weighted by molar-refractivity contribution is -0.323. The number of nitrogens with one attached hydrogen (secondary N) is 2. The zero-order valence-corrected chi connectivity index (χ0v) is 48.8. The van der Waals surface area contributed by atoms with Gasteiger partial charge in [-0.1, -0.05) is 105 Å². The highest BCUT2D eigenvalue weighted by Gasteiger charge is 2.53. The summed E-state index contributed by atoms with van der Waals surface area (Å²) in [5.74, 6) is -8.30. The van der Waals surface area contributed by atoms with E-state index in [1.54, 1.807) is 92.8 Å². The smallest absolute Gasteiger partial charge is 0.308 e. The molecule has 84 heavy (non-hydrogen) atoms. The number of cyclic esters (lactones) is 1. The Hall–Kier alpha value is -3.68. The average Bonchev–Trinajstić information content (AvgIpc) is 3.51. The number of esters is 1. The summed E-state index contributed by atoms with van der Waals surface area (Å²) in [5, 5.41) is 160. The summed E-state index contributed by atoms with van der Waals surface area (Å²) in [7, 11) is 0. The van der Waals surface area contributed by atoms with Gasteiger partial charge in [0.2, 0.25) is 11.7 Å². The third-order valence-corrected chi connectivity index (χ3v) is 16.4. The van der Waals surface area contributed by atoms with Gasteiger partial charge in [0.05, 0.1) is 98.7 Å². The van der Waals surface area contributed by atoms with Crippen LogP contribution in [0.5, 0.6) is 0 Å². The van der Waals surface area contributed by atoms with Crippen molar-refractivity contribution in [1.29, 1.82) is 0 Å². The zero-order chi connectivity index (χ0) is 61.7. The van der Waals surface area contributed by atoms with Gasteiger partial charge in [0.25, 0.3) is 0 Å². The van der Waals surface area contributed by atoms with Gasteiger partial charge in [-0.05, 0) is 59.0 Å². The van der Waals surface area contributed by atoms with E-state index in [-0.39, 0.29) is 38.1 Å². The molecule has 2 bridgehead atoms. The molecule has 0 aromatic carbocycles. The van der Waals surface area contributed by atoms with Crippen molar-refractivity contribution in [2.45, 2.75) is 220 Å². The molecule has 0 aliphatic carbocycles. The Morgan fingerprint density at radius 1 is 0.655 bits per heavy atom. The molecule has 1 amide bonds. The van der Waals surface area contributed by atoms with Gasteiger partial charge in [-0.2, -0.15) is 0 Å². The molecule has 5 heterocycles. The number of carbonyl (C=O) groups excluding carboxylic acids is 2. The average molecular weight is 1200 g/mol. The first kappa shape index (κ1) is 71.1. The fourth-order valence-corrected chi connectivity index (χ4v) is 11.1. The number of hydrogen-bond acceptors (Lipinski definition) is 23. The number of likely N-dealkylation sites (tertiary alicyclic amines) is 1. The summed E-state index contributed by atoms with van der Waals surface area (Å²) in [5.41, 5.74) is 0. The molecule has 3 unspecified atom stereocenters. The number of allylic oxidation sites excluding steroid dienone is 12. The fourth-order valence-electron chi connectivity index (χ4n) is 11.1. The van der Waals surface area contributed by atoms with E-state index in [2.05, 4.69) is 15.5 Å². The van der Waals surface area contributed by atoms with E-state index in [1.807, 2.05) is 13.0 Å². The lowest BCUT2D eigenvalue weighted by atomic mass is 9.82. The number of rotatable bonds is 9. The van der Waals surface area contributed by atoms with Crippen molar-refractivity contribution in [3.8, 4) is 0 Å². The molecule has 0 radical (unpaired) electrons. The monoisotopic (exact) mass is 1200 g/mol. The summed E-state index contributed by atoms with van der Waals surface area (Å²) in [6.07, 6.45) is 0.371. The minimum absolute atomic E-state index is 0.126. The normalized spacial score (nSPS) is 44.7. The Bertz CT molecular complexity index is 2190. The third-order valence-electron chi connectivity index (χ3n) is 16.4. The van der Waals surface area contributed by atoms with Gasteiger partial charge in [0.15, 0.2) is 12.1 Å². The van der Waals surface area contributed by atoms with Crippen molar-refractivity contribution in [3.05, 3.63) is 85.1 Å². The van der Waals surface area contributed by atoms with Crippen LogP contribution >= 0.6 is 0 Å². The molecule has 24 nitrogen and oxygen atoms in total. The molecule has 5 rings (SSSR count). The second-order valence-electron chi connectivity index (χ2n) is 23.4. The standard InChI is InChI=1S/C60H97N3O21/c1-36-20-16-13-11-9-7-5-6-8-10-12-14-17-21-43(83-58-55(75)51(53(73)39(4)82-58)62-35-60(79)56(76)54(74)47(70)34-80-60)31-48-50(57(77)61-24-27-63-25-18-15-19-26-63)46(69)33-59(78,84-48)32-42(66)29-45(68)44(67)23-22-40(64)28-41(65)30-49(71)81-38(3)37(2)52(36)72/h5-14,16-17,20-21,36-48,50-56,58,62,64-70,72-76,78-79H,15,18-19,22-35H2,1-4H3,(H,61,77)/b6-5+,9-7+,10-8+,13-11+,14-12+,20-16+,21-17+/t36-,37-,38-,39+,40+,41+,42-,43-,44+,45+,46-,47+,48?,50?,51-,52+,53+,54-,55-,56-,58?,59+,60+/m0/s1. The number of aliphatic hydroxyl groups excluding tert-OH is 12. The Labute approximate surface area is 492 Å². The number of ether oxygens (including phenoxy) is 5. The number of hydrogen-bond donors (Lipinski definition) is 16. The van der Waals surface area contributed by atoms with E-state index in [1.165, 1.54) is 6.92 Å². The summed E-state index contributed by atoms with van der Waals surface area (Å²) < 4.78 is 29.5. The predicted octanol–water partition coefficient (Wildman–Crippen LogP) is -1.34. The van der Waals surface area contributed by atoms with Gasteiger partial charge < -0.3 is 111 Å². The van der Waals surface area contributed by atoms with E-state index >= 15 is 0 Å². The van der Waals surface area contributed by atoms with E-state index in [4.69, 9.17) is 23.7 Å². The Balaban J connectivity index is 1.42. The van der Waals surface area contributed by atoms with Crippen LogP contribution in [-0.2, 0) is 33.3 Å². The summed E-state index contributed by atoms with van der Waals surface area (Å²) in [6.45, 7) is 7.98. The quantitative estimate of drug-likeness (QED) is 0.119. The highest BCUT2D eigenvalue weighted by molar-refractivity contribution is 5.80. The first-order valence-corrected chi connectivity index (χ1v) is 29.7. The topological polar surface area (TPSA) is 391 Å². The molecular formula is C60H97N3O21. The SMILES string of the molecule is C[C@@H]1[C@H](O)[C@@H](C)/C=C/C=C/C=C/C=C/C=C/C=C/C=C/[C@H](OC2O[C@H](C)[C@@H](O)[C@H](NC[C@@]3(O)OC[C@@H](O)[C@H](O)[C@@H]3O)[C@@H]2O)CC2O[C@](O)(C[C@@H](O)C[C@@H](O)[C@H](O)CC[C@@H](O)C[C@@H](O)CC(=O)O[C@H]1C)C[C@H](O)C2C(=O)NCCN1CCCCC1. The second-order valence-corrected chi connectivity index (χ2v) is 23.4. The van der Waals surface area contributed by atoms with Crippen molar-refractivity contribution in [2.75, 3.05) is 39.3 Å². The summed E-state index contributed by atoms with van der Waals surface area (Å²) >= 11 is 0. The molecule has 0 spiro atoms. The summed E-state index contributed by atoms with van der Waals surface area (Å²) in [4.78, 5) is 29.2. The van der Waals surface area contributed by atoms with E-state index in [0.29, 0.717) is 6.54 Å². The Kier molecular flexibility index (Phi) is 29.4. The number of fused-ring (bicyclic) bond motifs is 2. The van der Waals surface area contributed by atoms with Crippen molar-refractivity contribution in [2.24, 2.45) is 17.8 Å². The van der Waals surface area contributed by atoms with E-state index in [0.717, 1.165) is 32.4 Å². The van der Waals surface area contributed by atoms with Gasteiger partial charge in [0, 0.05) is 50.6 Å². The number of amides is 1. The van der Waals surface area contributed by atoms with Crippen LogP contribution in [0.3, 0.4) is 0 Å². The molecule has 5 aliphatic rings. The number of aliphatic hydroxyl groups is 14. The Morgan fingerprint density at radius 3 is 1.92 bits per heavy atom. The van der Waals surface area contributed by atoms with Crippen LogP contribution in [0.1, 0.15) is 98.3 Å². The van der Waals surface area contributed by atoms with Gasteiger partial charge in [-0.25, -0.2) is 0 Å². The van der Waals surface area contributed by atoms with Gasteiger partial charge in [0.1, 0.15) is 30.5 Å². The minimum Gasteiger partial charge on any atom is -0.462 e. The van der Waals surface area contributed by atoms with Crippen LogP contribution in [0.2, 0.25) is 0 Å². The summed E-state index contributed by atoms with van der Waals surface area (Å²) in [6, 6.07) is -1.34. The lowest BCUT2D eigenvalue weighted by Gasteiger charge is -2.47. The molecule has 4 fully saturated rings. The highest BCUT2D eigenvalue weighted by atomic mass is 16.7. The number of carbonyl (C=O) groups is 2. The van der Waals surface area contributed by atoms with Crippen molar-refractivity contribution >= 4 is 11.9 Å². The van der Waals surface area contributed by atoms with Crippen LogP contribution < -0.4 is 10.6 Å². The van der Waals surface area contributed by atoms with E-state index in [9.17, 15) is 81.1 Å². The number of nitrogens with zero attached hydrogens (tertiary/aromatic N) is 1. The van der Waals surface area contributed by atoms with E-state index < -0.39 is 184 Å². The Morgan fingerprint density at radius 2 is 1.27 bits per heavy atom. The van der Waals surface area contributed by atoms with Crippen LogP contribution in [0.25, 0.3) is 0 Å². The first-order chi connectivity index (χ1) is 39.8. The first-order valence-electron chi connectivity index (χ1n) is 29.7. The molecule has 478 valence electrons. The molecule has 0 aromatic rings. The lowest BCUT2D eigenvalue weighted by Crippen LogP contribution is -2.69. The highest BCUT2D eigenvalue weighted by Crippen LogP contribution is 2.39. The van der Waals surface area contributed by atoms with Crippen LogP contribution in [0.4, 0.5) is 0 Å². The maximum Gasteiger partial charge on any atom is 0.308 e. The molecule has 5 aliphatic heterocycles. The molecule has 16 N–H and O–H groups in total. The van der Waals surface area contributed by atoms with Crippen LogP contribution in [0.15, 0.2) is 85.1 Å². The van der Waals surface area contributed by atoms with Crippen LogP contribution in [0, 0.1) is 17.8 Å². The van der Waals surface area contributed by atoms with Crippen molar-refractivity contribution < 1.29 is 105 Å². The second kappa shape index (κ2) is 34.8. The predicted molar refractivity (Wildman–Crippen MR) is 305 cm³/mol. The maximum atomic E-state index is 14.2. The molecule has 0 aromatic heterocycles. The largest absolute Gasteiger partial charge is 0.462 e. The molecule has 24 heteroatoms. The van der Waals surface area contributed by atoms with Gasteiger partial charge in [-0.15, -0.1) is 0 Å². The fraction of sp³-hybridized carbons (Fsp3) is 0.733. The van der Waals surface area contributed by atoms with Crippen LogP contribution in [-0.4, -0.2) is 249 Å². The van der Waals surface area contributed by atoms with Crippen molar-refractivity contribution in [1.82, 2.24) is 15.5 Å². The number of piperidine rings is 1. The molecule has 4 saturated heterocycles. The molecular weight excluding hydrogens is 1100 g/mol. The van der Waals surface area contributed by atoms with Gasteiger partial charge in [-0.3, -0.25) is 9.59 Å². The minimum atomic E-state index is -2.46. The van der Waals surface area contributed by atoms with Crippen molar-refractivity contribution in [3.63, 3.8) is 0 Å². The van der Waals surface area contributed by atoms with Gasteiger partial charge >= 0.3 is 5.97 Å². The third kappa shape index (κ3) is 22.2.